The lowest BCUT2D eigenvalue weighted by Gasteiger charge is -2.04. The second-order valence-electron chi connectivity index (χ2n) is 5.23. The number of aromatic nitrogens is 2. The lowest BCUT2D eigenvalue weighted by Crippen LogP contribution is -2.08. The molecule has 11 heteroatoms. The van der Waals surface area contributed by atoms with E-state index in [9.17, 15) is 31.4 Å². The normalized spacial score (nSPS) is 12.6. The van der Waals surface area contributed by atoms with Crippen LogP contribution in [0.4, 0.5) is 26.3 Å². The highest BCUT2D eigenvalue weighted by Gasteiger charge is 2.40. The monoisotopic (exact) mass is 410 g/mol. The molecule has 1 aromatic carbocycles. The molecule has 0 atom stereocenters. The van der Waals surface area contributed by atoms with E-state index in [1.807, 2.05) is 0 Å². The summed E-state index contributed by atoms with van der Waals surface area (Å²) < 4.78 is 78.1. The van der Waals surface area contributed by atoms with Crippen molar-refractivity contribution >= 4 is 22.7 Å². The fourth-order valence-electron chi connectivity index (χ4n) is 2.17. The molecule has 2 aromatic heterocycles. The Morgan fingerprint density at radius 2 is 1.65 bits per heavy atom. The lowest BCUT2D eigenvalue weighted by molar-refractivity contribution is -0.140. The number of alkyl halides is 6. The molecule has 0 saturated carbocycles. The first kappa shape index (κ1) is 18.6. The molecule has 0 aliphatic carbocycles. The van der Waals surface area contributed by atoms with Gasteiger partial charge in [-0.25, -0.2) is 9.97 Å². The van der Waals surface area contributed by atoms with Crippen LogP contribution in [0.3, 0.4) is 0 Å². The summed E-state index contributed by atoms with van der Waals surface area (Å²) in [6.07, 6.45) is -9.59. The van der Waals surface area contributed by atoms with Gasteiger partial charge >= 0.3 is 12.4 Å². The van der Waals surface area contributed by atoms with Crippen molar-refractivity contribution in [3.63, 3.8) is 0 Å². The zero-order valence-electron chi connectivity index (χ0n) is 12.7. The third kappa shape index (κ3) is 3.54. The van der Waals surface area contributed by atoms with Crippen LogP contribution in [0.2, 0.25) is 0 Å². The molecule has 2 heterocycles. The van der Waals surface area contributed by atoms with Gasteiger partial charge in [0.05, 0.1) is 4.88 Å². The molecule has 0 amide bonds. The fraction of sp³-hybridized carbons (Fsp3) is 0.200. The van der Waals surface area contributed by atoms with Crippen LogP contribution in [0, 0.1) is 6.92 Å². The summed E-state index contributed by atoms with van der Waals surface area (Å²) >= 11 is 1.08. The Bertz CT molecular complexity index is 958. The number of aromatic hydroxyl groups is 1. The van der Waals surface area contributed by atoms with Crippen molar-refractivity contribution < 1.29 is 31.4 Å². The molecule has 0 aliphatic rings. The molecule has 26 heavy (non-hydrogen) atoms. The average Bonchev–Trinajstić information content (AvgIpc) is 3.12. The number of rotatable bonds is 2. The van der Waals surface area contributed by atoms with Gasteiger partial charge in [-0.1, -0.05) is 0 Å². The molecule has 0 radical (unpaired) electrons. The minimum atomic E-state index is -4.85. The van der Waals surface area contributed by atoms with Gasteiger partial charge in [0.2, 0.25) is 0 Å². The van der Waals surface area contributed by atoms with Gasteiger partial charge in [-0.15, -0.1) is 22.7 Å². The average molecular weight is 410 g/mol. The summed E-state index contributed by atoms with van der Waals surface area (Å²) in [6, 6.07) is 4.05. The van der Waals surface area contributed by atoms with Gasteiger partial charge in [-0.05, 0) is 30.7 Å². The number of nitrogens with zero attached hydrogens (tertiary/aromatic N) is 2. The Kier molecular flexibility index (Phi) is 4.47. The van der Waals surface area contributed by atoms with Gasteiger partial charge < -0.3 is 5.11 Å². The van der Waals surface area contributed by atoms with Crippen LogP contribution < -0.4 is 0 Å². The van der Waals surface area contributed by atoms with Crippen molar-refractivity contribution in [3.05, 3.63) is 40.5 Å². The van der Waals surface area contributed by atoms with E-state index >= 15 is 0 Å². The molecule has 1 N–H and O–H groups in total. The number of halogens is 6. The molecule has 3 nitrogen and oxygen atoms in total. The van der Waals surface area contributed by atoms with Crippen molar-refractivity contribution in [2.24, 2.45) is 0 Å². The van der Waals surface area contributed by atoms with Crippen molar-refractivity contribution in [2.45, 2.75) is 19.3 Å². The lowest BCUT2D eigenvalue weighted by atomic mass is 10.1. The van der Waals surface area contributed by atoms with Crippen molar-refractivity contribution in [1.82, 2.24) is 9.97 Å². The van der Waals surface area contributed by atoms with E-state index in [-0.39, 0.29) is 10.8 Å². The topological polar surface area (TPSA) is 46.0 Å². The van der Waals surface area contributed by atoms with Gasteiger partial charge in [0.15, 0.2) is 11.4 Å². The van der Waals surface area contributed by atoms with Crippen LogP contribution in [-0.4, -0.2) is 15.1 Å². The maximum absolute atomic E-state index is 13.3. The zero-order chi connectivity index (χ0) is 19.3. The first-order valence-electron chi connectivity index (χ1n) is 6.88. The third-order valence-corrected chi connectivity index (χ3v) is 5.41. The Morgan fingerprint density at radius 3 is 2.19 bits per heavy atom. The van der Waals surface area contributed by atoms with E-state index < -0.39 is 33.6 Å². The largest absolute Gasteiger partial charge is 0.508 e. The van der Waals surface area contributed by atoms with E-state index in [1.165, 1.54) is 18.2 Å². The number of aryl methyl sites for hydroxylation is 1. The molecule has 3 rings (SSSR count). The van der Waals surface area contributed by atoms with Gasteiger partial charge in [0, 0.05) is 10.9 Å². The van der Waals surface area contributed by atoms with E-state index in [0.29, 0.717) is 39.2 Å². The van der Waals surface area contributed by atoms with Crippen LogP contribution in [0.15, 0.2) is 23.6 Å². The number of hydrogen-bond acceptors (Lipinski definition) is 5. The number of phenolic OH excluding ortho intramolecular Hbond substituents is 1. The molecule has 0 bridgehead atoms. The van der Waals surface area contributed by atoms with Crippen LogP contribution in [0.25, 0.3) is 20.5 Å². The maximum Gasteiger partial charge on any atom is 0.434 e. The number of thiazole rings is 2. The summed E-state index contributed by atoms with van der Waals surface area (Å²) in [5, 5.41) is 9.67. The summed E-state index contributed by atoms with van der Waals surface area (Å²) in [4.78, 5) is 6.41. The summed E-state index contributed by atoms with van der Waals surface area (Å²) in [7, 11) is 0. The van der Waals surface area contributed by atoms with Crippen molar-refractivity contribution in [2.75, 3.05) is 0 Å². The van der Waals surface area contributed by atoms with Gasteiger partial charge in [-0.2, -0.15) is 26.3 Å². The molecule has 0 aliphatic heterocycles. The van der Waals surface area contributed by atoms with Crippen LogP contribution in [0.1, 0.15) is 17.0 Å². The Balaban J connectivity index is 2.16. The van der Waals surface area contributed by atoms with E-state index in [2.05, 4.69) is 9.97 Å². The maximum atomic E-state index is 13.3. The second kappa shape index (κ2) is 6.23. The number of phenols is 1. The highest BCUT2D eigenvalue weighted by molar-refractivity contribution is 7.23. The standard InChI is InChI=1S/C15H8F6N2OS2/c1-6-4-7(24)2-3-8(6)12-23-11(15(19,20)21)10(26-12)13-22-9(5-25-13)14(16,17)18/h2-5,24H,1H3. The predicted octanol–water partition coefficient (Wildman–Crippen LogP) is 5.99. The van der Waals surface area contributed by atoms with Gasteiger partial charge in [0.1, 0.15) is 15.8 Å². The van der Waals surface area contributed by atoms with E-state index in [1.54, 1.807) is 6.92 Å². The molecular weight excluding hydrogens is 402 g/mol. The Morgan fingerprint density at radius 1 is 0.962 bits per heavy atom. The highest BCUT2D eigenvalue weighted by Crippen LogP contribution is 2.45. The van der Waals surface area contributed by atoms with Crippen molar-refractivity contribution in [1.29, 1.82) is 0 Å². The third-order valence-electron chi connectivity index (χ3n) is 3.32. The molecule has 138 valence electrons. The summed E-state index contributed by atoms with van der Waals surface area (Å²) in [5.74, 6) is -0.0613. The van der Waals surface area contributed by atoms with Crippen LogP contribution >= 0.6 is 22.7 Å². The Hall–Kier alpha value is -2.14. The van der Waals surface area contributed by atoms with Gasteiger partial charge in [0.25, 0.3) is 0 Å². The van der Waals surface area contributed by atoms with Gasteiger partial charge in [-0.3, -0.25) is 0 Å². The zero-order valence-corrected chi connectivity index (χ0v) is 14.4. The highest BCUT2D eigenvalue weighted by atomic mass is 32.1. The summed E-state index contributed by atoms with van der Waals surface area (Å²) in [5.41, 5.74) is -1.71. The minimum absolute atomic E-state index is 0.0198. The van der Waals surface area contributed by atoms with Crippen LogP contribution in [-0.2, 0) is 12.4 Å². The van der Waals surface area contributed by atoms with Crippen LogP contribution in [0.5, 0.6) is 5.75 Å². The fourth-order valence-corrected chi connectivity index (χ4v) is 4.26. The van der Waals surface area contributed by atoms with Crippen molar-refractivity contribution in [3.8, 4) is 26.2 Å². The van der Waals surface area contributed by atoms with E-state index in [0.717, 1.165) is 0 Å². The molecular formula is C15H8F6N2OS2. The second-order valence-corrected chi connectivity index (χ2v) is 7.09. The first-order valence-corrected chi connectivity index (χ1v) is 8.57. The quantitative estimate of drug-likeness (QED) is 0.528. The minimum Gasteiger partial charge on any atom is -0.508 e. The van der Waals surface area contributed by atoms with E-state index in [4.69, 9.17) is 0 Å². The number of hydrogen-bond donors (Lipinski definition) is 1. The first-order chi connectivity index (χ1) is 12.0. The molecule has 0 unspecified atom stereocenters. The summed E-state index contributed by atoms with van der Waals surface area (Å²) in [6.45, 7) is 1.58. The molecule has 0 saturated heterocycles. The number of benzene rings is 1. The SMILES string of the molecule is Cc1cc(O)ccc1-c1nc(C(F)(F)F)c(-c2nc(C(F)(F)F)cs2)s1. The Labute approximate surface area is 150 Å². The molecule has 3 aromatic rings. The molecule has 0 fully saturated rings. The molecule has 0 spiro atoms. The predicted molar refractivity (Wildman–Crippen MR) is 85.1 cm³/mol. The smallest absolute Gasteiger partial charge is 0.434 e.